The fourth-order valence-corrected chi connectivity index (χ4v) is 3.72. The average Bonchev–Trinajstić information content (AvgIpc) is 2.68. The summed E-state index contributed by atoms with van der Waals surface area (Å²) in [5.74, 6) is 1.80. The summed E-state index contributed by atoms with van der Waals surface area (Å²) in [4.78, 5) is 0.0514. The number of para-hydroxylation sites is 2. The van der Waals surface area contributed by atoms with Crippen molar-refractivity contribution in [3.63, 3.8) is 0 Å². The van der Waals surface area contributed by atoms with Gasteiger partial charge in [-0.25, -0.2) is 8.42 Å². The Morgan fingerprint density at radius 2 is 1.54 bits per heavy atom. The van der Waals surface area contributed by atoms with Crippen LogP contribution in [0.5, 0.6) is 23.0 Å². The molecule has 0 unspecified atom stereocenters. The smallest absolute Gasteiger partial charge is 0.262 e. The molecular weight excluding hydrogens is 378 g/mol. The van der Waals surface area contributed by atoms with Gasteiger partial charge in [0.25, 0.3) is 10.0 Å². The fraction of sp³-hybridized carbons (Fsp3) is 0.143. The Hall–Kier alpha value is -3.19. The van der Waals surface area contributed by atoms with Gasteiger partial charge >= 0.3 is 0 Å². The first-order valence-corrected chi connectivity index (χ1v) is 9.99. The molecule has 0 fully saturated rings. The summed E-state index contributed by atoms with van der Waals surface area (Å²) >= 11 is 0. The number of sulfonamides is 1. The average molecular weight is 399 g/mol. The van der Waals surface area contributed by atoms with E-state index in [-0.39, 0.29) is 4.90 Å². The number of hydrogen-bond donors (Lipinski definition) is 1. The minimum absolute atomic E-state index is 0.0514. The van der Waals surface area contributed by atoms with Crippen LogP contribution < -0.4 is 18.9 Å². The summed E-state index contributed by atoms with van der Waals surface area (Å²) in [6.45, 7) is 1.96. The molecule has 146 valence electrons. The van der Waals surface area contributed by atoms with Gasteiger partial charge in [0.15, 0.2) is 17.2 Å². The monoisotopic (exact) mass is 399 g/mol. The van der Waals surface area contributed by atoms with Gasteiger partial charge in [0.2, 0.25) is 0 Å². The molecule has 0 amide bonds. The minimum Gasteiger partial charge on any atom is -0.493 e. The number of benzene rings is 3. The molecule has 0 aromatic heterocycles. The standard InChI is InChI=1S/C21H21NO5S/c1-15-7-6-8-16(13-15)27-19-10-5-4-9-18(19)22-28(23,24)17-11-12-20(25-2)21(14-17)26-3/h4-14,22H,1-3H3. The quantitative estimate of drug-likeness (QED) is 0.628. The number of hydrogen-bond acceptors (Lipinski definition) is 5. The first-order valence-electron chi connectivity index (χ1n) is 8.51. The van der Waals surface area contributed by atoms with Crippen LogP contribution in [-0.4, -0.2) is 22.6 Å². The molecule has 0 spiro atoms. The molecule has 0 saturated carbocycles. The molecule has 7 heteroatoms. The van der Waals surface area contributed by atoms with Crippen molar-refractivity contribution in [2.45, 2.75) is 11.8 Å². The van der Waals surface area contributed by atoms with Crippen LogP contribution in [0.15, 0.2) is 71.6 Å². The van der Waals surface area contributed by atoms with Gasteiger partial charge in [0.1, 0.15) is 5.75 Å². The van der Waals surface area contributed by atoms with Crippen LogP contribution in [0, 0.1) is 6.92 Å². The molecule has 0 aliphatic heterocycles. The van der Waals surface area contributed by atoms with Crippen LogP contribution in [0.1, 0.15) is 5.56 Å². The maximum atomic E-state index is 12.9. The molecule has 0 aliphatic rings. The summed E-state index contributed by atoms with van der Waals surface area (Å²) in [7, 11) is -0.919. The highest BCUT2D eigenvalue weighted by atomic mass is 32.2. The lowest BCUT2D eigenvalue weighted by Gasteiger charge is -2.15. The predicted molar refractivity (Wildman–Crippen MR) is 108 cm³/mol. The molecule has 0 saturated heterocycles. The van der Waals surface area contributed by atoms with E-state index >= 15 is 0 Å². The second kappa shape index (κ2) is 8.22. The van der Waals surface area contributed by atoms with Crippen molar-refractivity contribution >= 4 is 15.7 Å². The Labute approximate surface area is 164 Å². The molecule has 0 aliphatic carbocycles. The lowest BCUT2D eigenvalue weighted by atomic mass is 10.2. The molecule has 0 bridgehead atoms. The maximum absolute atomic E-state index is 12.9. The Morgan fingerprint density at radius 1 is 0.786 bits per heavy atom. The van der Waals surface area contributed by atoms with Crippen molar-refractivity contribution < 1.29 is 22.6 Å². The molecule has 0 heterocycles. The lowest BCUT2D eigenvalue weighted by molar-refractivity contribution is 0.354. The van der Waals surface area contributed by atoms with E-state index < -0.39 is 10.0 Å². The van der Waals surface area contributed by atoms with Crippen LogP contribution in [0.2, 0.25) is 0 Å². The number of ether oxygens (including phenoxy) is 3. The third-order valence-electron chi connectivity index (χ3n) is 4.01. The Balaban J connectivity index is 1.91. The van der Waals surface area contributed by atoms with Gasteiger partial charge < -0.3 is 14.2 Å². The highest BCUT2D eigenvalue weighted by Crippen LogP contribution is 2.33. The largest absolute Gasteiger partial charge is 0.493 e. The number of nitrogens with one attached hydrogen (secondary N) is 1. The van der Waals surface area contributed by atoms with Gasteiger partial charge in [-0.05, 0) is 48.9 Å². The van der Waals surface area contributed by atoms with Crippen LogP contribution in [-0.2, 0) is 10.0 Å². The van der Waals surface area contributed by atoms with Crippen molar-refractivity contribution in [1.82, 2.24) is 0 Å². The van der Waals surface area contributed by atoms with Gasteiger partial charge in [-0.1, -0.05) is 24.3 Å². The summed E-state index contributed by atoms with van der Waals surface area (Å²) < 4.78 is 44.5. The number of aryl methyl sites for hydroxylation is 1. The maximum Gasteiger partial charge on any atom is 0.262 e. The zero-order valence-electron chi connectivity index (χ0n) is 15.8. The lowest BCUT2D eigenvalue weighted by Crippen LogP contribution is -2.13. The van der Waals surface area contributed by atoms with Gasteiger partial charge in [-0.3, -0.25) is 4.72 Å². The zero-order chi connectivity index (χ0) is 20.1. The second-order valence-electron chi connectivity index (χ2n) is 6.04. The SMILES string of the molecule is COc1ccc(S(=O)(=O)Nc2ccccc2Oc2cccc(C)c2)cc1OC. The molecule has 3 rings (SSSR count). The van der Waals surface area contributed by atoms with Crippen LogP contribution in [0.4, 0.5) is 5.69 Å². The first kappa shape index (κ1) is 19.6. The van der Waals surface area contributed by atoms with Gasteiger partial charge in [0, 0.05) is 6.07 Å². The van der Waals surface area contributed by atoms with E-state index in [9.17, 15) is 8.42 Å². The van der Waals surface area contributed by atoms with E-state index in [0.29, 0.717) is 28.7 Å². The number of anilines is 1. The van der Waals surface area contributed by atoms with E-state index in [0.717, 1.165) is 5.56 Å². The van der Waals surface area contributed by atoms with Crippen LogP contribution in [0.3, 0.4) is 0 Å². The van der Waals surface area contributed by atoms with Crippen molar-refractivity contribution in [2.24, 2.45) is 0 Å². The summed E-state index contributed by atoms with van der Waals surface area (Å²) in [5, 5.41) is 0. The number of methoxy groups -OCH3 is 2. The van der Waals surface area contributed by atoms with Crippen LogP contribution >= 0.6 is 0 Å². The Bertz CT molecular complexity index is 1080. The van der Waals surface area contributed by atoms with E-state index in [4.69, 9.17) is 14.2 Å². The molecule has 1 N–H and O–H groups in total. The Morgan fingerprint density at radius 3 is 2.25 bits per heavy atom. The highest BCUT2D eigenvalue weighted by molar-refractivity contribution is 7.92. The predicted octanol–water partition coefficient (Wildman–Crippen LogP) is 4.61. The van der Waals surface area contributed by atoms with Crippen LogP contribution in [0.25, 0.3) is 0 Å². The van der Waals surface area contributed by atoms with Crippen molar-refractivity contribution in [3.05, 3.63) is 72.3 Å². The summed E-state index contributed by atoms with van der Waals surface area (Å²) in [6.07, 6.45) is 0. The molecule has 28 heavy (non-hydrogen) atoms. The van der Waals surface area contributed by atoms with Crippen molar-refractivity contribution in [3.8, 4) is 23.0 Å². The fourth-order valence-electron chi connectivity index (χ4n) is 2.63. The molecule has 0 atom stereocenters. The summed E-state index contributed by atoms with van der Waals surface area (Å²) in [6, 6.07) is 18.8. The number of rotatable bonds is 7. The zero-order valence-corrected chi connectivity index (χ0v) is 16.6. The van der Waals surface area contributed by atoms with Gasteiger partial charge in [0.05, 0.1) is 24.8 Å². The van der Waals surface area contributed by atoms with E-state index in [1.165, 1.54) is 26.4 Å². The topological polar surface area (TPSA) is 73.9 Å². The van der Waals surface area contributed by atoms with Crippen molar-refractivity contribution in [1.29, 1.82) is 0 Å². The highest BCUT2D eigenvalue weighted by Gasteiger charge is 2.19. The van der Waals surface area contributed by atoms with E-state index in [1.807, 2.05) is 31.2 Å². The molecule has 6 nitrogen and oxygen atoms in total. The van der Waals surface area contributed by atoms with Crippen molar-refractivity contribution in [2.75, 3.05) is 18.9 Å². The van der Waals surface area contributed by atoms with E-state index in [2.05, 4.69) is 4.72 Å². The first-order chi connectivity index (χ1) is 13.4. The second-order valence-corrected chi connectivity index (χ2v) is 7.72. The van der Waals surface area contributed by atoms with E-state index in [1.54, 1.807) is 30.3 Å². The molecule has 3 aromatic carbocycles. The molecular formula is C21H21NO5S. The Kier molecular flexibility index (Phi) is 5.75. The molecule has 0 radical (unpaired) electrons. The minimum atomic E-state index is -3.86. The normalized spacial score (nSPS) is 11.0. The van der Waals surface area contributed by atoms with Gasteiger partial charge in [-0.15, -0.1) is 0 Å². The summed E-state index contributed by atoms with van der Waals surface area (Å²) in [5.41, 5.74) is 1.37. The molecule has 3 aromatic rings. The third kappa shape index (κ3) is 4.37. The van der Waals surface area contributed by atoms with Gasteiger partial charge in [-0.2, -0.15) is 0 Å². The third-order valence-corrected chi connectivity index (χ3v) is 5.38.